The molecule has 2 fully saturated rings. The highest BCUT2D eigenvalue weighted by molar-refractivity contribution is 5.65. The topological polar surface area (TPSA) is 205 Å². The van der Waals surface area contributed by atoms with E-state index in [1.165, 1.54) is 0 Å². The van der Waals surface area contributed by atoms with Gasteiger partial charge in [0, 0.05) is 6.92 Å². The van der Waals surface area contributed by atoms with Crippen LogP contribution in [0.3, 0.4) is 0 Å². The van der Waals surface area contributed by atoms with Crippen LogP contribution in [0.25, 0.3) is 0 Å². The highest BCUT2D eigenvalue weighted by Gasteiger charge is 2.48. The third-order valence-corrected chi connectivity index (χ3v) is 4.21. The molecule has 0 radical (unpaired) electrons. The number of rotatable bonds is 6. The number of hydrogen-bond acceptors (Lipinski definition) is 13. The third-order valence-electron chi connectivity index (χ3n) is 4.21. The summed E-state index contributed by atoms with van der Waals surface area (Å²) in [6.45, 7) is -0.169. The zero-order chi connectivity index (χ0) is 20.3. The van der Waals surface area contributed by atoms with E-state index in [2.05, 4.69) is 4.89 Å². The predicted octanol–water partition coefficient (Wildman–Crippen LogP) is -4.89. The fourth-order valence-corrected chi connectivity index (χ4v) is 2.67. The average molecular weight is 400 g/mol. The lowest BCUT2D eigenvalue weighted by Gasteiger charge is -2.42. The summed E-state index contributed by atoms with van der Waals surface area (Å²) in [4.78, 5) is 20.0. The van der Waals surface area contributed by atoms with Gasteiger partial charge in [-0.25, -0.2) is 4.79 Å². The third kappa shape index (κ3) is 5.10. The molecule has 2 aliphatic heterocycles. The smallest absolute Gasteiger partial charge is 0.339 e. The van der Waals surface area contributed by atoms with E-state index in [-0.39, 0.29) is 0 Å². The number of ether oxygens (including phenoxy) is 3. The first-order valence-corrected chi connectivity index (χ1v) is 8.13. The van der Waals surface area contributed by atoms with Gasteiger partial charge in [0.2, 0.25) is 0 Å². The minimum Gasteiger partial charge on any atom is -0.394 e. The number of hydrogen-bond donors (Lipinski definition) is 7. The van der Waals surface area contributed by atoms with Crippen LogP contribution in [0.15, 0.2) is 0 Å². The quantitative estimate of drug-likeness (QED) is 0.165. The number of carbonyl (C=O) groups excluding carboxylic acids is 1. The van der Waals surface area contributed by atoms with Gasteiger partial charge in [-0.1, -0.05) is 0 Å². The summed E-state index contributed by atoms with van der Waals surface area (Å²) in [5.74, 6) is -0.856. The molecule has 7 N–H and O–H groups in total. The minimum absolute atomic E-state index is 0.520. The Bertz CT molecular complexity index is 490. The Morgan fingerprint density at radius 2 is 1.52 bits per heavy atom. The van der Waals surface area contributed by atoms with Crippen LogP contribution in [0.4, 0.5) is 0 Å². The second-order valence-electron chi connectivity index (χ2n) is 6.21. The van der Waals surface area contributed by atoms with Crippen LogP contribution in [-0.2, 0) is 28.8 Å². The summed E-state index contributed by atoms with van der Waals surface area (Å²) in [7, 11) is 0. The lowest BCUT2D eigenvalue weighted by atomic mass is 9.98. The van der Waals surface area contributed by atoms with Crippen molar-refractivity contribution >= 4 is 5.97 Å². The molecule has 0 aromatic carbocycles. The standard InChI is InChI=1S/C14H24O13/c1-4(16)26-27-12-10(20)7(17)5(2-15)25-14(12)23-3-6-8(18)9(19)11(21)13(22)24-6/h5-15,17-22H,2-3H2,1H3/t5-,6-,7+,8-,9+,10+,11-,12-,13-,14+/m1/s1. The molecular formula is C14H24O13. The predicted molar refractivity (Wildman–Crippen MR) is 79.3 cm³/mol. The number of aliphatic hydroxyl groups excluding tert-OH is 7. The Hall–Kier alpha value is -0.970. The number of aliphatic hydroxyl groups is 7. The summed E-state index contributed by atoms with van der Waals surface area (Å²) in [6.07, 6.45) is -15.6. The fourth-order valence-electron chi connectivity index (χ4n) is 2.67. The van der Waals surface area contributed by atoms with Crippen molar-refractivity contribution < 1.29 is 64.5 Å². The van der Waals surface area contributed by atoms with Crippen LogP contribution in [0.5, 0.6) is 0 Å². The molecule has 2 rings (SSSR count). The zero-order valence-electron chi connectivity index (χ0n) is 14.3. The van der Waals surface area contributed by atoms with E-state index in [9.17, 15) is 40.5 Å². The normalized spacial score (nSPS) is 45.5. The molecule has 2 aliphatic rings. The molecule has 13 nitrogen and oxygen atoms in total. The fraction of sp³-hybridized carbons (Fsp3) is 0.929. The van der Waals surface area contributed by atoms with Crippen molar-refractivity contribution in [2.75, 3.05) is 13.2 Å². The first-order valence-electron chi connectivity index (χ1n) is 8.13. The van der Waals surface area contributed by atoms with Crippen LogP contribution < -0.4 is 0 Å². The lowest BCUT2D eigenvalue weighted by Crippen LogP contribution is -2.62. The summed E-state index contributed by atoms with van der Waals surface area (Å²) in [5.41, 5.74) is 0. The number of carbonyl (C=O) groups is 1. The van der Waals surface area contributed by atoms with Gasteiger partial charge in [-0.05, 0) is 0 Å². The molecule has 0 aromatic rings. The van der Waals surface area contributed by atoms with E-state index < -0.39 is 80.6 Å². The summed E-state index contributed by atoms with van der Waals surface area (Å²) in [6, 6.07) is 0. The monoisotopic (exact) mass is 400 g/mol. The average Bonchev–Trinajstić information content (AvgIpc) is 2.63. The maximum atomic E-state index is 10.9. The van der Waals surface area contributed by atoms with Crippen LogP contribution in [0, 0.1) is 0 Å². The Morgan fingerprint density at radius 3 is 2.11 bits per heavy atom. The SMILES string of the molecule is CC(=O)OO[C@H]1[C@@H](OC[C@H]2O[C@@H](O)[C@H](O)[C@@H](O)[C@@H]2O)O[C@H](CO)[C@H](O)[C@@H]1O. The highest BCUT2D eigenvalue weighted by atomic mass is 17.2. The van der Waals surface area contributed by atoms with Gasteiger partial charge in [-0.15, -0.1) is 0 Å². The molecule has 10 atom stereocenters. The van der Waals surface area contributed by atoms with Crippen molar-refractivity contribution in [1.29, 1.82) is 0 Å². The maximum Gasteiger partial charge on any atom is 0.339 e. The van der Waals surface area contributed by atoms with Gasteiger partial charge in [0.1, 0.15) is 42.7 Å². The molecule has 27 heavy (non-hydrogen) atoms. The lowest BCUT2D eigenvalue weighted by molar-refractivity contribution is -0.392. The summed E-state index contributed by atoms with van der Waals surface area (Å²) < 4.78 is 15.5. The van der Waals surface area contributed by atoms with Gasteiger partial charge in [0.05, 0.1) is 13.2 Å². The van der Waals surface area contributed by atoms with Gasteiger partial charge in [0.25, 0.3) is 0 Å². The van der Waals surface area contributed by atoms with E-state index in [1.807, 2.05) is 0 Å². The van der Waals surface area contributed by atoms with Crippen LogP contribution in [0.2, 0.25) is 0 Å². The van der Waals surface area contributed by atoms with E-state index in [4.69, 9.17) is 19.1 Å². The Balaban J connectivity index is 2.04. The van der Waals surface area contributed by atoms with Gasteiger partial charge in [-0.2, -0.15) is 4.89 Å². The molecule has 0 amide bonds. The van der Waals surface area contributed by atoms with Gasteiger partial charge in [0.15, 0.2) is 18.7 Å². The molecule has 0 aliphatic carbocycles. The Morgan fingerprint density at radius 1 is 0.889 bits per heavy atom. The molecule has 0 saturated carbocycles. The second kappa shape index (κ2) is 9.49. The van der Waals surface area contributed by atoms with Crippen LogP contribution in [0.1, 0.15) is 6.92 Å². The van der Waals surface area contributed by atoms with Crippen molar-refractivity contribution in [2.24, 2.45) is 0 Å². The first-order chi connectivity index (χ1) is 12.7. The molecule has 0 spiro atoms. The second-order valence-corrected chi connectivity index (χ2v) is 6.21. The zero-order valence-corrected chi connectivity index (χ0v) is 14.3. The van der Waals surface area contributed by atoms with Gasteiger partial charge < -0.3 is 50.0 Å². The minimum atomic E-state index is -1.78. The molecule has 2 heterocycles. The van der Waals surface area contributed by atoms with Crippen LogP contribution in [-0.4, -0.2) is 116 Å². The van der Waals surface area contributed by atoms with Gasteiger partial charge >= 0.3 is 5.97 Å². The van der Waals surface area contributed by atoms with E-state index in [0.717, 1.165) is 6.92 Å². The summed E-state index contributed by atoms with van der Waals surface area (Å²) >= 11 is 0. The van der Waals surface area contributed by atoms with Crippen molar-refractivity contribution in [3.63, 3.8) is 0 Å². The molecule has 0 bridgehead atoms. The first kappa shape index (κ1) is 22.3. The van der Waals surface area contributed by atoms with E-state index in [1.54, 1.807) is 0 Å². The van der Waals surface area contributed by atoms with Gasteiger partial charge in [-0.3, -0.25) is 4.89 Å². The molecule has 2 saturated heterocycles. The maximum absolute atomic E-state index is 10.9. The molecule has 0 unspecified atom stereocenters. The Kier molecular flexibility index (Phi) is 7.84. The molecule has 158 valence electrons. The van der Waals surface area contributed by atoms with E-state index in [0.29, 0.717) is 0 Å². The molecule has 0 aromatic heterocycles. The van der Waals surface area contributed by atoms with Crippen molar-refractivity contribution in [3.8, 4) is 0 Å². The van der Waals surface area contributed by atoms with Crippen molar-refractivity contribution in [1.82, 2.24) is 0 Å². The van der Waals surface area contributed by atoms with Crippen molar-refractivity contribution in [3.05, 3.63) is 0 Å². The highest BCUT2D eigenvalue weighted by Crippen LogP contribution is 2.26. The molecular weight excluding hydrogens is 376 g/mol. The largest absolute Gasteiger partial charge is 0.394 e. The van der Waals surface area contributed by atoms with E-state index >= 15 is 0 Å². The molecule has 13 heteroatoms. The Labute approximate surface area is 153 Å². The summed E-state index contributed by atoms with van der Waals surface area (Å²) in [5, 5.41) is 67.7. The van der Waals surface area contributed by atoms with Crippen molar-refractivity contribution in [2.45, 2.75) is 68.3 Å². The van der Waals surface area contributed by atoms with Crippen LogP contribution >= 0.6 is 0 Å².